The number of anilines is 2. The summed E-state index contributed by atoms with van der Waals surface area (Å²) in [7, 11) is 4.07. The van der Waals surface area contributed by atoms with Gasteiger partial charge >= 0.3 is 11.9 Å². The zero-order chi connectivity index (χ0) is 23.5. The largest absolute Gasteiger partial charge is 0.497 e. The van der Waals surface area contributed by atoms with Crippen molar-refractivity contribution in [3.8, 4) is 5.75 Å². The van der Waals surface area contributed by atoms with E-state index < -0.39 is 18.1 Å². The number of hydrogen-bond donors (Lipinski definition) is 1. The third-order valence-electron chi connectivity index (χ3n) is 5.23. The number of nitrogens with zero attached hydrogens (tertiary/aromatic N) is 2. The minimum Gasteiger partial charge on any atom is -0.497 e. The van der Waals surface area contributed by atoms with Crippen molar-refractivity contribution in [2.45, 2.75) is 6.17 Å². The van der Waals surface area contributed by atoms with Crippen LogP contribution < -0.4 is 15.0 Å². The molecule has 2 heterocycles. The van der Waals surface area contributed by atoms with E-state index in [4.69, 9.17) is 14.2 Å². The van der Waals surface area contributed by atoms with Crippen molar-refractivity contribution in [1.82, 2.24) is 4.98 Å². The molecule has 1 atom stereocenters. The Hall–Kier alpha value is -4.40. The first kappa shape index (κ1) is 21.8. The molecule has 0 spiro atoms. The minimum absolute atomic E-state index is 0.157. The number of aromatic nitrogens is 1. The maximum Gasteiger partial charge on any atom is 0.337 e. The summed E-state index contributed by atoms with van der Waals surface area (Å²) in [4.78, 5) is 43.6. The van der Waals surface area contributed by atoms with Crippen LogP contribution in [0.25, 0.3) is 0 Å². The summed E-state index contributed by atoms with van der Waals surface area (Å²) in [5.74, 6) is -0.814. The van der Waals surface area contributed by atoms with E-state index in [1.165, 1.54) is 32.4 Å². The van der Waals surface area contributed by atoms with Crippen LogP contribution in [0.2, 0.25) is 0 Å². The van der Waals surface area contributed by atoms with Gasteiger partial charge in [0.1, 0.15) is 5.75 Å². The van der Waals surface area contributed by atoms with Crippen molar-refractivity contribution in [3.63, 3.8) is 0 Å². The minimum atomic E-state index is -0.694. The lowest BCUT2D eigenvalue weighted by Gasteiger charge is -2.27. The van der Waals surface area contributed by atoms with E-state index in [0.29, 0.717) is 28.4 Å². The topological polar surface area (TPSA) is 107 Å². The molecule has 0 radical (unpaired) electrons. The van der Waals surface area contributed by atoms with Gasteiger partial charge in [0, 0.05) is 17.6 Å². The number of carbonyl (C=O) groups excluding carboxylic acids is 3. The summed E-state index contributed by atoms with van der Waals surface area (Å²) in [6, 6.07) is 14.9. The molecule has 0 fully saturated rings. The molecule has 0 aliphatic carbocycles. The molecule has 1 aromatic heterocycles. The summed E-state index contributed by atoms with van der Waals surface area (Å²) in [5, 5.41) is 3.24. The second-order valence-electron chi connectivity index (χ2n) is 7.14. The van der Waals surface area contributed by atoms with Gasteiger partial charge in [-0.1, -0.05) is 0 Å². The van der Waals surface area contributed by atoms with Crippen LogP contribution in [0, 0.1) is 0 Å². The van der Waals surface area contributed by atoms with Crippen molar-refractivity contribution in [2.24, 2.45) is 0 Å². The van der Waals surface area contributed by atoms with Crippen molar-refractivity contribution in [2.75, 3.05) is 31.5 Å². The highest BCUT2D eigenvalue weighted by Crippen LogP contribution is 2.37. The lowest BCUT2D eigenvalue weighted by atomic mass is 10.1. The average Bonchev–Trinajstić information content (AvgIpc) is 3.14. The molecular weight excluding hydrogens is 426 g/mol. The molecule has 33 heavy (non-hydrogen) atoms. The summed E-state index contributed by atoms with van der Waals surface area (Å²) < 4.78 is 14.8. The number of rotatable bonds is 6. The van der Waals surface area contributed by atoms with Crippen LogP contribution in [0.4, 0.5) is 11.4 Å². The first-order chi connectivity index (χ1) is 16.0. The molecule has 1 amide bonds. The van der Waals surface area contributed by atoms with E-state index in [1.54, 1.807) is 54.6 Å². The second-order valence-corrected chi connectivity index (χ2v) is 7.14. The standard InChI is InChI=1S/C24H21N3O6/c1-31-18-8-6-17(7-9-18)27-21(20-19(22(27)28)5-4-10-25-20)26-16-12-14(23(29)32-2)11-15(13-16)24(30)33-3/h4-13,21,26H,1-3H3/t21-/m1/s1. The highest BCUT2D eigenvalue weighted by molar-refractivity contribution is 6.11. The second kappa shape index (κ2) is 8.99. The van der Waals surface area contributed by atoms with E-state index in [1.807, 2.05) is 0 Å². The number of methoxy groups -OCH3 is 3. The molecule has 0 saturated carbocycles. The molecular formula is C24H21N3O6. The average molecular weight is 447 g/mol. The zero-order valence-corrected chi connectivity index (χ0v) is 18.2. The summed E-state index contributed by atoms with van der Waals surface area (Å²) in [6.07, 6.45) is 0.906. The number of ether oxygens (including phenoxy) is 3. The van der Waals surface area contributed by atoms with Gasteiger partial charge in [-0.15, -0.1) is 0 Å². The van der Waals surface area contributed by atoms with Crippen molar-refractivity contribution in [1.29, 1.82) is 0 Å². The number of amides is 1. The predicted molar refractivity (Wildman–Crippen MR) is 120 cm³/mol. The number of nitrogens with one attached hydrogen (secondary N) is 1. The Balaban J connectivity index is 1.79. The van der Waals surface area contributed by atoms with Crippen LogP contribution >= 0.6 is 0 Å². The third kappa shape index (κ3) is 4.08. The Bertz CT molecular complexity index is 1190. The fourth-order valence-corrected chi connectivity index (χ4v) is 3.67. The molecule has 1 N–H and O–H groups in total. The molecule has 3 aromatic rings. The molecule has 9 heteroatoms. The monoisotopic (exact) mass is 447 g/mol. The van der Waals surface area contributed by atoms with Gasteiger partial charge in [-0.2, -0.15) is 0 Å². The Morgan fingerprint density at radius 3 is 2.15 bits per heavy atom. The molecule has 9 nitrogen and oxygen atoms in total. The first-order valence-corrected chi connectivity index (χ1v) is 9.97. The lowest BCUT2D eigenvalue weighted by molar-refractivity contribution is 0.0599. The molecule has 1 aliphatic heterocycles. The quantitative estimate of drug-likeness (QED) is 0.573. The van der Waals surface area contributed by atoms with Gasteiger partial charge in [0.15, 0.2) is 6.17 Å². The number of fused-ring (bicyclic) bond motifs is 1. The Labute approximate surface area is 189 Å². The maximum absolute atomic E-state index is 13.3. The molecule has 4 rings (SSSR count). The number of esters is 2. The van der Waals surface area contributed by atoms with Crippen LogP contribution in [0.3, 0.4) is 0 Å². The van der Waals surface area contributed by atoms with Gasteiger partial charge in [0.05, 0.1) is 43.7 Å². The van der Waals surface area contributed by atoms with E-state index in [-0.39, 0.29) is 17.0 Å². The number of pyridine rings is 1. The normalized spacial score (nSPS) is 14.5. The van der Waals surface area contributed by atoms with Crippen LogP contribution in [-0.4, -0.2) is 44.2 Å². The maximum atomic E-state index is 13.3. The van der Waals surface area contributed by atoms with E-state index >= 15 is 0 Å². The lowest BCUT2D eigenvalue weighted by Crippen LogP contribution is -2.32. The summed E-state index contributed by atoms with van der Waals surface area (Å²) in [5.41, 5.74) is 2.31. The Morgan fingerprint density at radius 2 is 1.58 bits per heavy atom. The Morgan fingerprint density at radius 1 is 0.939 bits per heavy atom. The number of benzene rings is 2. The van der Waals surface area contributed by atoms with E-state index in [0.717, 1.165) is 0 Å². The smallest absolute Gasteiger partial charge is 0.337 e. The summed E-state index contributed by atoms with van der Waals surface area (Å²) in [6.45, 7) is 0. The molecule has 168 valence electrons. The molecule has 0 bridgehead atoms. The molecule has 0 saturated heterocycles. The SMILES string of the molecule is COC(=O)c1cc(N[C@H]2c3ncccc3C(=O)N2c2ccc(OC)cc2)cc(C(=O)OC)c1. The van der Waals surface area contributed by atoms with Crippen molar-refractivity contribution in [3.05, 3.63) is 83.2 Å². The van der Waals surface area contributed by atoms with Gasteiger partial charge in [0.2, 0.25) is 0 Å². The Kier molecular flexibility index (Phi) is 5.95. The molecule has 1 aliphatic rings. The first-order valence-electron chi connectivity index (χ1n) is 9.97. The fraction of sp³-hybridized carbons (Fsp3) is 0.167. The highest BCUT2D eigenvalue weighted by Gasteiger charge is 2.39. The van der Waals surface area contributed by atoms with Crippen LogP contribution in [-0.2, 0) is 9.47 Å². The molecule has 2 aromatic carbocycles. The van der Waals surface area contributed by atoms with E-state index in [9.17, 15) is 14.4 Å². The number of carbonyl (C=O) groups is 3. The number of hydrogen-bond acceptors (Lipinski definition) is 8. The van der Waals surface area contributed by atoms with Crippen LogP contribution in [0.5, 0.6) is 5.75 Å². The van der Waals surface area contributed by atoms with Gasteiger partial charge in [0.25, 0.3) is 5.91 Å². The molecule has 0 unspecified atom stereocenters. The van der Waals surface area contributed by atoms with Crippen molar-refractivity contribution >= 4 is 29.2 Å². The van der Waals surface area contributed by atoms with Crippen LogP contribution in [0.1, 0.15) is 42.9 Å². The van der Waals surface area contributed by atoms with Gasteiger partial charge < -0.3 is 19.5 Å². The van der Waals surface area contributed by atoms with Gasteiger partial charge in [-0.3, -0.25) is 14.7 Å². The third-order valence-corrected chi connectivity index (χ3v) is 5.23. The highest BCUT2D eigenvalue weighted by atomic mass is 16.5. The van der Waals surface area contributed by atoms with Crippen LogP contribution in [0.15, 0.2) is 60.8 Å². The fourth-order valence-electron chi connectivity index (χ4n) is 3.67. The summed E-state index contributed by atoms with van der Waals surface area (Å²) >= 11 is 0. The van der Waals surface area contributed by atoms with Gasteiger partial charge in [-0.05, 0) is 54.6 Å². The van der Waals surface area contributed by atoms with E-state index in [2.05, 4.69) is 10.3 Å². The zero-order valence-electron chi connectivity index (χ0n) is 18.2. The predicted octanol–water partition coefficient (Wildman–Crippen LogP) is 3.43. The van der Waals surface area contributed by atoms with Crippen molar-refractivity contribution < 1.29 is 28.6 Å². The van der Waals surface area contributed by atoms with Gasteiger partial charge in [-0.25, -0.2) is 9.59 Å².